The highest BCUT2D eigenvalue weighted by atomic mass is 35.5. The molecule has 0 unspecified atom stereocenters. The number of aliphatic hydroxyl groups excluding tert-OH is 1. The van der Waals surface area contributed by atoms with Gasteiger partial charge in [0, 0.05) is 65.7 Å². The maximum Gasteiger partial charge on any atom is 0.306 e. The van der Waals surface area contributed by atoms with Gasteiger partial charge in [-0.3, -0.25) is 14.3 Å². The third-order valence-corrected chi connectivity index (χ3v) is 9.68. The average molecular weight is 717 g/mol. The Morgan fingerprint density at radius 2 is 1.78 bits per heavy atom. The SMILES string of the molecule is COc1cc(Cn2ncc3c(-c4cccc(-c5ccc(CNC[C@@H]6CCC(=O)N6)cc5)c4Cl)cccc32)c(Cl)cc1CNC[C@H](O)CC(=O)O. The lowest BCUT2D eigenvalue weighted by Gasteiger charge is -2.15. The van der Waals surface area contributed by atoms with E-state index in [-0.39, 0.29) is 24.9 Å². The van der Waals surface area contributed by atoms with E-state index < -0.39 is 12.1 Å². The van der Waals surface area contributed by atoms with Crippen molar-refractivity contribution in [3.05, 3.63) is 106 Å². The first-order chi connectivity index (χ1) is 24.2. The second kappa shape index (κ2) is 16.1. The fourth-order valence-corrected chi connectivity index (χ4v) is 6.93. The number of hydrogen-bond acceptors (Lipinski definition) is 7. The number of nitrogens with one attached hydrogen (secondary N) is 3. The molecule has 0 spiro atoms. The van der Waals surface area contributed by atoms with Gasteiger partial charge in [0.05, 0.1) is 42.9 Å². The molecule has 2 heterocycles. The summed E-state index contributed by atoms with van der Waals surface area (Å²) in [5.74, 6) is -0.312. The third kappa shape index (κ3) is 8.29. The lowest BCUT2D eigenvalue weighted by atomic mass is 9.96. The van der Waals surface area contributed by atoms with Crippen LogP contribution in [0.4, 0.5) is 0 Å². The molecule has 0 bridgehead atoms. The molecule has 12 heteroatoms. The molecule has 1 aliphatic heterocycles. The minimum atomic E-state index is -1.06. The zero-order chi connectivity index (χ0) is 35.2. The molecule has 1 saturated heterocycles. The Morgan fingerprint density at radius 3 is 2.52 bits per heavy atom. The summed E-state index contributed by atoms with van der Waals surface area (Å²) < 4.78 is 7.53. The van der Waals surface area contributed by atoms with Crippen LogP contribution in [0.15, 0.2) is 79.0 Å². The van der Waals surface area contributed by atoms with E-state index >= 15 is 0 Å². The Bertz CT molecular complexity index is 2000. The van der Waals surface area contributed by atoms with E-state index in [9.17, 15) is 14.7 Å². The van der Waals surface area contributed by atoms with E-state index in [0.29, 0.717) is 41.8 Å². The van der Waals surface area contributed by atoms with E-state index in [0.717, 1.165) is 62.8 Å². The number of aromatic nitrogens is 2. The van der Waals surface area contributed by atoms with Crippen LogP contribution < -0.4 is 20.7 Å². The number of carbonyl (C=O) groups is 2. The van der Waals surface area contributed by atoms with Gasteiger partial charge < -0.3 is 30.9 Å². The number of amides is 1. The monoisotopic (exact) mass is 715 g/mol. The molecule has 1 amide bonds. The van der Waals surface area contributed by atoms with Crippen molar-refractivity contribution in [1.82, 2.24) is 25.7 Å². The van der Waals surface area contributed by atoms with Crippen LogP contribution in [0.3, 0.4) is 0 Å². The number of carboxylic acid groups (broad SMARTS) is 1. The van der Waals surface area contributed by atoms with Crippen LogP contribution in [0, 0.1) is 0 Å². The number of methoxy groups -OCH3 is 1. The number of nitrogens with zero attached hydrogens (tertiary/aromatic N) is 2. The van der Waals surface area contributed by atoms with Gasteiger partial charge in [-0.15, -0.1) is 0 Å². The number of rotatable bonds is 15. The van der Waals surface area contributed by atoms with Crippen molar-refractivity contribution in [3.63, 3.8) is 0 Å². The van der Waals surface area contributed by atoms with Crippen molar-refractivity contribution in [2.45, 2.75) is 51.0 Å². The van der Waals surface area contributed by atoms with Crippen molar-refractivity contribution in [2.75, 3.05) is 20.2 Å². The molecule has 1 aromatic heterocycles. The van der Waals surface area contributed by atoms with Crippen molar-refractivity contribution >= 4 is 46.0 Å². The topological polar surface area (TPSA) is 138 Å². The number of ether oxygens (including phenoxy) is 1. The number of benzene rings is 4. The minimum absolute atomic E-state index is 0.122. The summed E-state index contributed by atoms with van der Waals surface area (Å²) in [7, 11) is 1.58. The van der Waals surface area contributed by atoms with Crippen molar-refractivity contribution in [2.24, 2.45) is 0 Å². The van der Waals surface area contributed by atoms with E-state index in [1.807, 2.05) is 59.4 Å². The van der Waals surface area contributed by atoms with Gasteiger partial charge >= 0.3 is 5.97 Å². The second-order valence-electron chi connectivity index (χ2n) is 12.5. The molecule has 5 N–H and O–H groups in total. The van der Waals surface area contributed by atoms with Crippen LogP contribution in [0.2, 0.25) is 10.0 Å². The molecular formula is C38H39Cl2N5O5. The number of carbonyl (C=O) groups excluding carboxylic acids is 1. The Balaban J connectivity index is 1.17. The van der Waals surface area contributed by atoms with Crippen molar-refractivity contribution in [3.8, 4) is 28.0 Å². The van der Waals surface area contributed by atoms with Gasteiger partial charge in [-0.2, -0.15) is 5.10 Å². The van der Waals surface area contributed by atoms with Gasteiger partial charge in [-0.05, 0) is 46.9 Å². The summed E-state index contributed by atoms with van der Waals surface area (Å²) in [6, 6.07) is 24.4. The van der Waals surface area contributed by atoms with Crippen LogP contribution in [0.5, 0.6) is 5.75 Å². The molecule has 10 nitrogen and oxygen atoms in total. The maximum absolute atomic E-state index is 11.5. The lowest BCUT2D eigenvalue weighted by molar-refractivity contribution is -0.139. The van der Waals surface area contributed by atoms with Crippen molar-refractivity contribution < 1.29 is 24.5 Å². The fraction of sp³-hybridized carbons (Fsp3) is 0.289. The van der Waals surface area contributed by atoms with Gasteiger partial charge in [0.1, 0.15) is 5.75 Å². The van der Waals surface area contributed by atoms with Gasteiger partial charge in [-0.25, -0.2) is 0 Å². The largest absolute Gasteiger partial charge is 0.496 e. The molecule has 1 fully saturated rings. The van der Waals surface area contributed by atoms with E-state index in [1.54, 1.807) is 7.11 Å². The van der Waals surface area contributed by atoms with Gasteiger partial charge in [0.25, 0.3) is 0 Å². The zero-order valence-electron chi connectivity index (χ0n) is 27.6. The first-order valence-electron chi connectivity index (χ1n) is 16.5. The van der Waals surface area contributed by atoms with Gasteiger partial charge in [0.15, 0.2) is 0 Å². The van der Waals surface area contributed by atoms with Crippen LogP contribution in [-0.4, -0.2) is 64.2 Å². The van der Waals surface area contributed by atoms with Crippen LogP contribution in [-0.2, 0) is 29.2 Å². The summed E-state index contributed by atoms with van der Waals surface area (Å²) in [6.45, 7) is 2.33. The molecule has 0 saturated carbocycles. The summed E-state index contributed by atoms with van der Waals surface area (Å²) in [4.78, 5) is 22.3. The smallest absolute Gasteiger partial charge is 0.306 e. The number of aliphatic hydroxyl groups is 1. The first-order valence-corrected chi connectivity index (χ1v) is 17.2. The number of aliphatic carboxylic acids is 1. The Morgan fingerprint density at radius 1 is 1.02 bits per heavy atom. The number of carboxylic acids is 1. The van der Waals surface area contributed by atoms with Crippen LogP contribution in [0.1, 0.15) is 36.0 Å². The third-order valence-electron chi connectivity index (χ3n) is 8.92. The van der Waals surface area contributed by atoms with E-state index in [1.165, 1.54) is 0 Å². The quantitative estimate of drug-likeness (QED) is 0.0887. The number of fused-ring (bicyclic) bond motifs is 1. The van der Waals surface area contributed by atoms with Crippen molar-refractivity contribution in [1.29, 1.82) is 0 Å². The molecule has 260 valence electrons. The Kier molecular flexibility index (Phi) is 11.4. The molecule has 0 aliphatic carbocycles. The lowest BCUT2D eigenvalue weighted by Crippen LogP contribution is -2.35. The first kappa shape index (κ1) is 35.4. The van der Waals surface area contributed by atoms with E-state index in [4.69, 9.17) is 38.1 Å². The maximum atomic E-state index is 11.5. The van der Waals surface area contributed by atoms with Gasteiger partial charge in [0.2, 0.25) is 5.91 Å². The highest BCUT2D eigenvalue weighted by Crippen LogP contribution is 2.39. The van der Waals surface area contributed by atoms with E-state index in [2.05, 4.69) is 40.2 Å². The van der Waals surface area contributed by atoms with Crippen LogP contribution >= 0.6 is 23.2 Å². The van der Waals surface area contributed by atoms with Gasteiger partial charge in [-0.1, -0.05) is 77.8 Å². The minimum Gasteiger partial charge on any atom is -0.496 e. The Hall–Kier alpha value is -4.45. The summed E-state index contributed by atoms with van der Waals surface area (Å²) in [6.07, 6.45) is 1.99. The molecular weight excluding hydrogens is 677 g/mol. The second-order valence-corrected chi connectivity index (χ2v) is 13.3. The normalized spacial score (nSPS) is 15.0. The zero-order valence-corrected chi connectivity index (χ0v) is 29.1. The molecule has 1 aliphatic rings. The fourth-order valence-electron chi connectivity index (χ4n) is 6.35. The molecule has 50 heavy (non-hydrogen) atoms. The Labute approximate surface area is 300 Å². The number of hydrogen-bond donors (Lipinski definition) is 5. The predicted molar refractivity (Wildman–Crippen MR) is 196 cm³/mol. The number of halogens is 2. The predicted octanol–water partition coefficient (Wildman–Crippen LogP) is 6.03. The molecule has 4 aromatic carbocycles. The molecule has 2 atom stereocenters. The summed E-state index contributed by atoms with van der Waals surface area (Å²) in [5.41, 5.74) is 7.51. The standard InChI is InChI=1S/C38H39Cl2N5O5/c1-50-35-15-26(33(39)14-25(35)18-42-20-28(46)16-37(48)49)22-45-34-7-3-5-30(32(34)21-43-45)31-6-2-4-29(38(31)40)24-10-8-23(9-11-24)17-41-19-27-12-13-36(47)44-27/h2-11,14-15,21,27-28,41-42,46H,12-13,16-20,22H2,1H3,(H,44,47)(H,48,49)/t27-,28+/m0/s1. The summed E-state index contributed by atoms with van der Waals surface area (Å²) in [5, 5.41) is 35.1. The molecule has 0 radical (unpaired) electrons. The summed E-state index contributed by atoms with van der Waals surface area (Å²) >= 11 is 13.9. The average Bonchev–Trinajstić information content (AvgIpc) is 3.71. The highest BCUT2D eigenvalue weighted by molar-refractivity contribution is 6.36. The highest BCUT2D eigenvalue weighted by Gasteiger charge is 2.20. The molecule has 5 aromatic rings. The van der Waals surface area contributed by atoms with Crippen LogP contribution in [0.25, 0.3) is 33.2 Å². The molecule has 6 rings (SSSR count).